The van der Waals surface area contributed by atoms with Gasteiger partial charge in [0.2, 0.25) is 0 Å². The van der Waals surface area contributed by atoms with E-state index in [-0.39, 0.29) is 5.60 Å². The topological polar surface area (TPSA) is 21.7 Å². The lowest BCUT2D eigenvalue weighted by Crippen LogP contribution is -2.55. The molecule has 3 rings (SSSR count). The lowest BCUT2D eigenvalue weighted by molar-refractivity contribution is -0.156. The number of nitrogens with zero attached hydrogens (tertiary/aromatic N) is 1. The summed E-state index contributed by atoms with van der Waals surface area (Å²) in [6.45, 7) is 8.70. The molecule has 0 amide bonds. The maximum atomic E-state index is 6.13. The standard InChI is InChI=1S/C16H29NO2/c1-14-4-2-3-5-15(14)12-17-8-11-19-16(13-17)6-9-18-10-7-16/h14-15H,2-13H2,1H3/t14-,15+/m0/s1. The van der Waals surface area contributed by atoms with E-state index in [4.69, 9.17) is 9.47 Å². The number of hydrogen-bond donors (Lipinski definition) is 0. The molecule has 1 saturated carbocycles. The highest BCUT2D eigenvalue weighted by atomic mass is 16.5. The van der Waals surface area contributed by atoms with Crippen molar-refractivity contribution in [3.8, 4) is 0 Å². The average Bonchev–Trinajstić information content (AvgIpc) is 2.42. The first-order chi connectivity index (χ1) is 9.27. The summed E-state index contributed by atoms with van der Waals surface area (Å²) in [5.74, 6) is 1.84. The zero-order valence-electron chi connectivity index (χ0n) is 12.4. The zero-order chi connectivity index (χ0) is 13.1. The summed E-state index contributed by atoms with van der Waals surface area (Å²) < 4.78 is 11.6. The summed E-state index contributed by atoms with van der Waals surface area (Å²) in [7, 11) is 0. The van der Waals surface area contributed by atoms with Crippen molar-refractivity contribution in [1.29, 1.82) is 0 Å². The van der Waals surface area contributed by atoms with Crippen molar-refractivity contribution in [3.05, 3.63) is 0 Å². The molecule has 0 N–H and O–H groups in total. The van der Waals surface area contributed by atoms with E-state index < -0.39 is 0 Å². The van der Waals surface area contributed by atoms with Gasteiger partial charge in [-0.2, -0.15) is 0 Å². The molecule has 110 valence electrons. The van der Waals surface area contributed by atoms with Crippen LogP contribution in [0.2, 0.25) is 0 Å². The van der Waals surface area contributed by atoms with Crippen LogP contribution in [0.1, 0.15) is 45.4 Å². The molecule has 1 aliphatic carbocycles. The van der Waals surface area contributed by atoms with E-state index >= 15 is 0 Å². The van der Waals surface area contributed by atoms with Crippen molar-refractivity contribution in [1.82, 2.24) is 4.90 Å². The molecule has 3 aliphatic rings. The summed E-state index contributed by atoms with van der Waals surface area (Å²) in [6.07, 6.45) is 7.94. The molecular formula is C16H29NO2. The van der Waals surface area contributed by atoms with Crippen LogP contribution in [0.5, 0.6) is 0 Å². The van der Waals surface area contributed by atoms with Crippen molar-refractivity contribution in [2.24, 2.45) is 11.8 Å². The third kappa shape index (κ3) is 3.32. The van der Waals surface area contributed by atoms with Gasteiger partial charge in [-0.05, 0) is 18.3 Å². The Hall–Kier alpha value is -0.120. The summed E-state index contributed by atoms with van der Waals surface area (Å²) in [5.41, 5.74) is 0.119. The molecular weight excluding hydrogens is 238 g/mol. The van der Waals surface area contributed by atoms with Gasteiger partial charge in [-0.15, -0.1) is 0 Å². The lowest BCUT2D eigenvalue weighted by Gasteiger charge is -2.46. The van der Waals surface area contributed by atoms with Crippen molar-refractivity contribution >= 4 is 0 Å². The predicted octanol–water partition coefficient (Wildman–Crippen LogP) is 2.69. The van der Waals surface area contributed by atoms with Gasteiger partial charge in [0.25, 0.3) is 0 Å². The van der Waals surface area contributed by atoms with Gasteiger partial charge in [0.05, 0.1) is 12.2 Å². The van der Waals surface area contributed by atoms with Crippen molar-refractivity contribution < 1.29 is 9.47 Å². The second-order valence-corrected chi connectivity index (χ2v) is 6.90. The first kappa shape index (κ1) is 13.8. The van der Waals surface area contributed by atoms with E-state index in [1.807, 2.05) is 0 Å². The lowest BCUT2D eigenvalue weighted by atomic mass is 9.80. The van der Waals surface area contributed by atoms with Crippen LogP contribution in [0.4, 0.5) is 0 Å². The van der Waals surface area contributed by atoms with Gasteiger partial charge in [0.1, 0.15) is 0 Å². The third-order valence-corrected chi connectivity index (χ3v) is 5.51. The van der Waals surface area contributed by atoms with E-state index in [0.717, 1.165) is 57.6 Å². The number of morpholine rings is 1. The largest absolute Gasteiger partial charge is 0.381 e. The van der Waals surface area contributed by atoms with Gasteiger partial charge in [-0.25, -0.2) is 0 Å². The Morgan fingerprint density at radius 2 is 1.89 bits per heavy atom. The van der Waals surface area contributed by atoms with Gasteiger partial charge >= 0.3 is 0 Å². The highest BCUT2D eigenvalue weighted by molar-refractivity contribution is 4.90. The monoisotopic (exact) mass is 267 g/mol. The quantitative estimate of drug-likeness (QED) is 0.768. The highest BCUT2D eigenvalue weighted by Crippen LogP contribution is 2.33. The summed E-state index contributed by atoms with van der Waals surface area (Å²) in [4.78, 5) is 2.68. The minimum atomic E-state index is 0.119. The van der Waals surface area contributed by atoms with Crippen molar-refractivity contribution in [3.63, 3.8) is 0 Å². The van der Waals surface area contributed by atoms with Crippen molar-refractivity contribution in [2.45, 2.75) is 51.0 Å². The Kier molecular flexibility index (Phi) is 4.45. The summed E-state index contributed by atoms with van der Waals surface area (Å²) >= 11 is 0. The molecule has 3 fully saturated rings. The zero-order valence-corrected chi connectivity index (χ0v) is 12.4. The molecule has 3 nitrogen and oxygen atoms in total. The fourth-order valence-corrected chi connectivity index (χ4v) is 4.12. The molecule has 0 aromatic rings. The van der Waals surface area contributed by atoms with Gasteiger partial charge < -0.3 is 9.47 Å². The molecule has 19 heavy (non-hydrogen) atoms. The summed E-state index contributed by atoms with van der Waals surface area (Å²) in [5, 5.41) is 0. The minimum absolute atomic E-state index is 0.119. The summed E-state index contributed by atoms with van der Waals surface area (Å²) in [6, 6.07) is 0. The first-order valence-corrected chi connectivity index (χ1v) is 8.21. The first-order valence-electron chi connectivity index (χ1n) is 8.21. The van der Waals surface area contributed by atoms with Crippen LogP contribution in [0, 0.1) is 11.8 Å². The second kappa shape index (κ2) is 6.11. The maximum absolute atomic E-state index is 6.13. The Bertz CT molecular complexity index is 283. The van der Waals surface area contributed by atoms with Crippen molar-refractivity contribution in [2.75, 3.05) is 39.5 Å². The van der Waals surface area contributed by atoms with Gasteiger partial charge in [0.15, 0.2) is 0 Å². The van der Waals surface area contributed by atoms with Crippen LogP contribution in [0.25, 0.3) is 0 Å². The van der Waals surface area contributed by atoms with Crippen LogP contribution in [-0.2, 0) is 9.47 Å². The van der Waals surface area contributed by atoms with Crippen LogP contribution in [0.3, 0.4) is 0 Å². The number of hydrogen-bond acceptors (Lipinski definition) is 3. The SMILES string of the molecule is C[C@H]1CCCC[C@@H]1CN1CCOC2(CCOCC2)C1. The third-order valence-electron chi connectivity index (χ3n) is 5.51. The smallest absolute Gasteiger partial charge is 0.0853 e. The Morgan fingerprint density at radius 3 is 2.68 bits per heavy atom. The highest BCUT2D eigenvalue weighted by Gasteiger charge is 2.39. The fourth-order valence-electron chi connectivity index (χ4n) is 4.12. The normalized spacial score (nSPS) is 36.5. The van der Waals surface area contributed by atoms with Gasteiger partial charge in [-0.3, -0.25) is 4.90 Å². The van der Waals surface area contributed by atoms with Crippen LogP contribution in [0.15, 0.2) is 0 Å². The molecule has 1 spiro atoms. The minimum Gasteiger partial charge on any atom is -0.381 e. The Balaban J connectivity index is 1.55. The molecule has 0 unspecified atom stereocenters. The fraction of sp³-hybridized carbons (Fsp3) is 1.00. The molecule has 2 aliphatic heterocycles. The number of rotatable bonds is 2. The molecule has 2 saturated heterocycles. The predicted molar refractivity (Wildman–Crippen MR) is 76.3 cm³/mol. The van der Waals surface area contributed by atoms with E-state index in [1.165, 1.54) is 32.2 Å². The maximum Gasteiger partial charge on any atom is 0.0853 e. The van der Waals surface area contributed by atoms with E-state index in [1.54, 1.807) is 0 Å². The molecule has 3 heteroatoms. The van der Waals surface area contributed by atoms with E-state index in [0.29, 0.717) is 0 Å². The number of ether oxygens (including phenoxy) is 2. The van der Waals surface area contributed by atoms with E-state index in [9.17, 15) is 0 Å². The molecule has 0 aromatic heterocycles. The second-order valence-electron chi connectivity index (χ2n) is 6.90. The van der Waals surface area contributed by atoms with Crippen LogP contribution < -0.4 is 0 Å². The average molecular weight is 267 g/mol. The molecule has 2 atom stereocenters. The van der Waals surface area contributed by atoms with Gasteiger partial charge in [-0.1, -0.05) is 26.2 Å². The molecule has 2 heterocycles. The molecule has 0 bridgehead atoms. The van der Waals surface area contributed by atoms with Crippen LogP contribution >= 0.6 is 0 Å². The molecule has 0 aromatic carbocycles. The van der Waals surface area contributed by atoms with Crippen LogP contribution in [-0.4, -0.2) is 50.0 Å². The van der Waals surface area contributed by atoms with Gasteiger partial charge in [0, 0.05) is 45.7 Å². The molecule has 0 radical (unpaired) electrons. The Morgan fingerprint density at radius 1 is 1.11 bits per heavy atom. The van der Waals surface area contributed by atoms with E-state index in [2.05, 4.69) is 11.8 Å². The Labute approximate surface area is 117 Å².